The van der Waals surface area contributed by atoms with Crippen LogP contribution in [-0.4, -0.2) is 33.2 Å². The number of anilines is 1. The van der Waals surface area contributed by atoms with E-state index in [9.17, 15) is 13.2 Å². The van der Waals surface area contributed by atoms with E-state index in [4.69, 9.17) is 0 Å². The number of nitrogens with one attached hydrogen (secondary N) is 2. The highest BCUT2D eigenvalue weighted by Crippen LogP contribution is 2.23. The van der Waals surface area contributed by atoms with Gasteiger partial charge >= 0.3 is 0 Å². The molecule has 1 aromatic carbocycles. The Morgan fingerprint density at radius 3 is 2.76 bits per heavy atom. The summed E-state index contributed by atoms with van der Waals surface area (Å²) in [5.74, 6) is 0.386. The maximum Gasteiger partial charge on any atom is 0.241 e. The molecule has 0 saturated carbocycles. The van der Waals surface area contributed by atoms with Crippen molar-refractivity contribution >= 4 is 21.4 Å². The smallest absolute Gasteiger partial charge is 0.241 e. The molecule has 0 spiro atoms. The number of hydrogen-bond donors (Lipinski definition) is 2. The fourth-order valence-corrected chi connectivity index (χ4v) is 3.52. The van der Waals surface area contributed by atoms with Crippen molar-refractivity contribution in [3.05, 3.63) is 24.3 Å². The Bertz CT molecular complexity index is 613. The lowest BCUT2D eigenvalue weighted by atomic mass is 9.90. The lowest BCUT2D eigenvalue weighted by molar-refractivity contribution is -0.119. The molecule has 2 N–H and O–H groups in total. The van der Waals surface area contributed by atoms with Gasteiger partial charge in [0.2, 0.25) is 5.91 Å². The first-order valence-electron chi connectivity index (χ1n) is 7.25. The average Bonchev–Trinajstić information content (AvgIpc) is 2.46. The minimum atomic E-state index is -3.36. The van der Waals surface area contributed by atoms with E-state index < -0.39 is 9.84 Å². The minimum Gasteiger partial charge on any atom is -0.324 e. The van der Waals surface area contributed by atoms with E-state index in [0.29, 0.717) is 11.6 Å². The van der Waals surface area contributed by atoms with E-state index in [1.807, 2.05) is 0 Å². The van der Waals surface area contributed by atoms with Crippen molar-refractivity contribution in [1.82, 2.24) is 5.32 Å². The first kappa shape index (κ1) is 16.0. The first-order valence-corrected chi connectivity index (χ1v) is 9.14. The lowest BCUT2D eigenvalue weighted by Gasteiger charge is -2.29. The van der Waals surface area contributed by atoms with Gasteiger partial charge in [-0.25, -0.2) is 8.42 Å². The van der Waals surface area contributed by atoms with Gasteiger partial charge in [-0.3, -0.25) is 4.79 Å². The highest BCUT2D eigenvalue weighted by atomic mass is 32.2. The van der Waals surface area contributed by atoms with Gasteiger partial charge in [0.05, 0.1) is 16.6 Å². The summed E-state index contributed by atoms with van der Waals surface area (Å²) in [4.78, 5) is 12.5. The summed E-state index contributed by atoms with van der Waals surface area (Å²) in [7, 11) is -3.36. The number of hydrogen-bond acceptors (Lipinski definition) is 4. The summed E-state index contributed by atoms with van der Waals surface area (Å²) in [5, 5.41) is 5.95. The predicted molar refractivity (Wildman–Crippen MR) is 83.0 cm³/mol. The van der Waals surface area contributed by atoms with Crippen LogP contribution < -0.4 is 10.6 Å². The zero-order valence-electron chi connectivity index (χ0n) is 12.4. The maximum atomic E-state index is 12.3. The van der Waals surface area contributed by atoms with Gasteiger partial charge in [0.1, 0.15) is 0 Å². The number of carbonyl (C=O) groups excluding carboxylic acids is 1. The van der Waals surface area contributed by atoms with Gasteiger partial charge in [0.15, 0.2) is 9.84 Å². The van der Waals surface area contributed by atoms with Gasteiger partial charge in [-0.05, 0) is 37.4 Å². The van der Waals surface area contributed by atoms with Gasteiger partial charge in [-0.1, -0.05) is 25.5 Å². The van der Waals surface area contributed by atoms with Gasteiger partial charge < -0.3 is 10.6 Å². The predicted octanol–water partition coefficient (Wildman–Crippen LogP) is 1.81. The Hall–Kier alpha value is -1.40. The molecule has 1 saturated heterocycles. The number of carbonyl (C=O) groups is 1. The number of piperidine rings is 1. The fraction of sp³-hybridized carbons (Fsp3) is 0.533. The van der Waals surface area contributed by atoms with E-state index in [1.165, 1.54) is 6.07 Å². The van der Waals surface area contributed by atoms with E-state index >= 15 is 0 Å². The van der Waals surface area contributed by atoms with Crippen LogP contribution in [0.3, 0.4) is 0 Å². The molecule has 1 heterocycles. The molecule has 1 aliphatic rings. The minimum absolute atomic E-state index is 0.154. The van der Waals surface area contributed by atoms with Crippen molar-refractivity contribution in [2.45, 2.75) is 37.1 Å². The zero-order chi connectivity index (χ0) is 15.5. The van der Waals surface area contributed by atoms with Crippen LogP contribution in [0.25, 0.3) is 0 Å². The Morgan fingerprint density at radius 1 is 1.38 bits per heavy atom. The summed E-state index contributed by atoms with van der Waals surface area (Å²) >= 11 is 0. The molecule has 5 nitrogen and oxygen atoms in total. The van der Waals surface area contributed by atoms with E-state index in [0.717, 1.165) is 32.1 Å². The monoisotopic (exact) mass is 310 g/mol. The van der Waals surface area contributed by atoms with Crippen LogP contribution in [0.2, 0.25) is 0 Å². The number of rotatable bonds is 4. The molecule has 1 amide bonds. The topological polar surface area (TPSA) is 75.3 Å². The molecule has 1 aromatic rings. The molecular formula is C15H22N2O3S. The molecule has 116 valence electrons. The maximum absolute atomic E-state index is 12.3. The third-order valence-corrected chi connectivity index (χ3v) is 5.11. The molecule has 0 aromatic heterocycles. The summed E-state index contributed by atoms with van der Waals surface area (Å²) in [6.45, 7) is 2.95. The highest BCUT2D eigenvalue weighted by molar-refractivity contribution is 7.90. The molecule has 6 heteroatoms. The van der Waals surface area contributed by atoms with Gasteiger partial charge in [0, 0.05) is 6.26 Å². The van der Waals surface area contributed by atoms with Crippen molar-refractivity contribution < 1.29 is 13.2 Å². The Labute approximate surface area is 126 Å². The largest absolute Gasteiger partial charge is 0.324 e. The van der Waals surface area contributed by atoms with E-state index in [2.05, 4.69) is 17.6 Å². The van der Waals surface area contributed by atoms with E-state index in [1.54, 1.807) is 18.2 Å². The molecule has 1 aliphatic heterocycles. The van der Waals surface area contributed by atoms with Crippen LogP contribution >= 0.6 is 0 Å². The number of amides is 1. The summed E-state index contributed by atoms with van der Waals surface area (Å²) in [5.41, 5.74) is 0.352. The average molecular weight is 310 g/mol. The Balaban J connectivity index is 2.13. The van der Waals surface area contributed by atoms with Crippen molar-refractivity contribution in [3.8, 4) is 0 Å². The molecule has 2 unspecified atom stereocenters. The molecule has 2 rings (SSSR count). The molecule has 1 fully saturated rings. The second-order valence-electron chi connectivity index (χ2n) is 5.56. The van der Waals surface area contributed by atoms with Crippen LogP contribution in [0, 0.1) is 5.92 Å². The molecule has 0 aliphatic carbocycles. The van der Waals surface area contributed by atoms with Gasteiger partial charge in [0.25, 0.3) is 0 Å². The normalized spacial score (nSPS) is 22.8. The molecule has 21 heavy (non-hydrogen) atoms. The van der Waals surface area contributed by atoms with Crippen molar-refractivity contribution in [3.63, 3.8) is 0 Å². The zero-order valence-corrected chi connectivity index (χ0v) is 13.2. The summed E-state index contributed by atoms with van der Waals surface area (Å²) in [6.07, 6.45) is 4.08. The van der Waals surface area contributed by atoms with Crippen LogP contribution in [0.1, 0.15) is 26.2 Å². The van der Waals surface area contributed by atoms with E-state index in [-0.39, 0.29) is 16.8 Å². The molecule has 0 bridgehead atoms. The van der Waals surface area contributed by atoms with Crippen molar-refractivity contribution in [1.29, 1.82) is 0 Å². The Kier molecular flexibility index (Phi) is 5.00. The SMILES string of the molecule is CCC1CCNC(C(=O)Nc2ccccc2S(C)(=O)=O)C1. The number of benzene rings is 1. The highest BCUT2D eigenvalue weighted by Gasteiger charge is 2.26. The summed E-state index contributed by atoms with van der Waals surface area (Å²) in [6, 6.07) is 6.24. The third kappa shape index (κ3) is 4.04. The lowest BCUT2D eigenvalue weighted by Crippen LogP contribution is -2.46. The molecule has 2 atom stereocenters. The quantitative estimate of drug-likeness (QED) is 0.889. The second-order valence-corrected chi connectivity index (χ2v) is 7.55. The number of para-hydroxylation sites is 1. The first-order chi connectivity index (χ1) is 9.91. The van der Waals surface area contributed by atoms with Crippen LogP contribution in [0.15, 0.2) is 29.2 Å². The van der Waals surface area contributed by atoms with Crippen LogP contribution in [0.5, 0.6) is 0 Å². The standard InChI is InChI=1S/C15H22N2O3S/c1-3-11-8-9-16-13(10-11)15(18)17-12-6-4-5-7-14(12)21(2,19)20/h4-7,11,13,16H,3,8-10H2,1-2H3,(H,17,18). The van der Waals surface area contributed by atoms with Gasteiger partial charge in [-0.15, -0.1) is 0 Å². The third-order valence-electron chi connectivity index (χ3n) is 3.95. The fourth-order valence-electron chi connectivity index (χ4n) is 2.68. The van der Waals surface area contributed by atoms with Crippen LogP contribution in [0.4, 0.5) is 5.69 Å². The van der Waals surface area contributed by atoms with Crippen molar-refractivity contribution in [2.24, 2.45) is 5.92 Å². The Morgan fingerprint density at radius 2 is 2.10 bits per heavy atom. The van der Waals surface area contributed by atoms with Gasteiger partial charge in [-0.2, -0.15) is 0 Å². The van der Waals surface area contributed by atoms with Crippen LogP contribution in [-0.2, 0) is 14.6 Å². The second kappa shape index (κ2) is 6.58. The molecule has 0 radical (unpaired) electrons. The number of sulfone groups is 1. The van der Waals surface area contributed by atoms with Crippen molar-refractivity contribution in [2.75, 3.05) is 18.1 Å². The summed E-state index contributed by atoms with van der Waals surface area (Å²) < 4.78 is 23.5. The molecular weight excluding hydrogens is 288 g/mol.